The van der Waals surface area contributed by atoms with E-state index < -0.39 is 0 Å². The quantitative estimate of drug-likeness (QED) is 0.870. The lowest BCUT2D eigenvalue weighted by atomic mass is 10.2. The molecule has 7 heteroatoms. The summed E-state index contributed by atoms with van der Waals surface area (Å²) < 4.78 is 2.23. The van der Waals surface area contributed by atoms with E-state index in [2.05, 4.69) is 33.6 Å². The summed E-state index contributed by atoms with van der Waals surface area (Å²) in [6, 6.07) is 7.16. The number of piperazine rings is 1. The van der Waals surface area contributed by atoms with Gasteiger partial charge < -0.3 is 14.8 Å². The van der Waals surface area contributed by atoms with Crippen molar-refractivity contribution in [3.63, 3.8) is 0 Å². The Balaban J connectivity index is 1.45. The van der Waals surface area contributed by atoms with Gasteiger partial charge in [0.05, 0.1) is 0 Å². The van der Waals surface area contributed by atoms with Crippen molar-refractivity contribution in [2.24, 2.45) is 0 Å². The SMILES string of the molecule is CC(C)c1nccn1CCN1CCN(C(=O)Nc2cccc(Cl)c2)CC1. The van der Waals surface area contributed by atoms with E-state index in [1.54, 1.807) is 12.1 Å². The summed E-state index contributed by atoms with van der Waals surface area (Å²) in [6.45, 7) is 9.46. The molecule has 2 heterocycles. The number of hydrogen-bond donors (Lipinski definition) is 1. The summed E-state index contributed by atoms with van der Waals surface area (Å²) >= 11 is 5.96. The number of nitrogens with one attached hydrogen (secondary N) is 1. The van der Waals surface area contributed by atoms with E-state index in [0.29, 0.717) is 10.9 Å². The number of halogens is 1. The average molecular weight is 376 g/mol. The molecule has 3 rings (SSSR count). The number of rotatable bonds is 5. The molecule has 2 amide bonds. The Morgan fingerprint density at radius 2 is 2.00 bits per heavy atom. The Bertz CT molecular complexity index is 737. The van der Waals surface area contributed by atoms with Crippen LogP contribution in [0, 0.1) is 0 Å². The highest BCUT2D eigenvalue weighted by Gasteiger charge is 2.21. The Hall–Kier alpha value is -2.05. The van der Waals surface area contributed by atoms with Crippen molar-refractivity contribution in [3.05, 3.63) is 47.5 Å². The molecule has 0 radical (unpaired) electrons. The van der Waals surface area contributed by atoms with E-state index in [-0.39, 0.29) is 6.03 Å². The van der Waals surface area contributed by atoms with Gasteiger partial charge in [0.2, 0.25) is 0 Å². The van der Waals surface area contributed by atoms with Crippen LogP contribution < -0.4 is 5.32 Å². The molecular weight excluding hydrogens is 350 g/mol. The lowest BCUT2D eigenvalue weighted by Crippen LogP contribution is -2.50. The van der Waals surface area contributed by atoms with Gasteiger partial charge >= 0.3 is 6.03 Å². The number of imidazole rings is 1. The number of carbonyl (C=O) groups excluding carboxylic acids is 1. The summed E-state index contributed by atoms with van der Waals surface area (Å²) in [6.07, 6.45) is 3.91. The van der Waals surface area contributed by atoms with E-state index >= 15 is 0 Å². The Morgan fingerprint density at radius 1 is 1.23 bits per heavy atom. The molecule has 1 fully saturated rings. The highest BCUT2D eigenvalue weighted by molar-refractivity contribution is 6.30. The largest absolute Gasteiger partial charge is 0.333 e. The Kier molecular flexibility index (Phi) is 6.16. The standard InChI is InChI=1S/C19H26ClN5O/c1-15(2)18-21-6-7-24(18)11-8-23-9-12-25(13-10-23)19(26)22-17-5-3-4-16(20)14-17/h3-7,14-15H,8-13H2,1-2H3,(H,22,26). The zero-order valence-corrected chi connectivity index (χ0v) is 16.1. The van der Waals surface area contributed by atoms with Crippen LogP contribution in [0.2, 0.25) is 5.02 Å². The summed E-state index contributed by atoms with van der Waals surface area (Å²) in [7, 11) is 0. The molecular formula is C19H26ClN5O. The third-order valence-corrected chi connectivity index (χ3v) is 4.89. The molecule has 1 aromatic heterocycles. The lowest BCUT2D eigenvalue weighted by molar-refractivity contribution is 0.144. The molecule has 0 bridgehead atoms. The minimum Gasteiger partial charge on any atom is -0.333 e. The van der Waals surface area contributed by atoms with E-state index in [0.717, 1.165) is 50.8 Å². The molecule has 1 saturated heterocycles. The molecule has 140 valence electrons. The zero-order chi connectivity index (χ0) is 18.5. The molecule has 1 N–H and O–H groups in total. The van der Waals surface area contributed by atoms with Gasteiger partial charge in [0, 0.05) is 68.3 Å². The summed E-state index contributed by atoms with van der Waals surface area (Å²) in [5.41, 5.74) is 0.728. The van der Waals surface area contributed by atoms with Crippen molar-refractivity contribution in [1.29, 1.82) is 0 Å². The van der Waals surface area contributed by atoms with Crippen molar-refractivity contribution in [2.45, 2.75) is 26.3 Å². The van der Waals surface area contributed by atoms with Gasteiger partial charge in [-0.05, 0) is 18.2 Å². The molecule has 0 unspecified atom stereocenters. The molecule has 2 aromatic rings. The Labute approximate surface area is 159 Å². The molecule has 1 aliphatic heterocycles. The molecule has 1 aliphatic rings. The topological polar surface area (TPSA) is 53.4 Å². The van der Waals surface area contributed by atoms with Gasteiger partial charge in [0.25, 0.3) is 0 Å². The van der Waals surface area contributed by atoms with Crippen molar-refractivity contribution >= 4 is 23.3 Å². The van der Waals surface area contributed by atoms with Crippen LogP contribution in [0.4, 0.5) is 10.5 Å². The van der Waals surface area contributed by atoms with Gasteiger partial charge in [-0.25, -0.2) is 9.78 Å². The maximum atomic E-state index is 12.4. The highest BCUT2D eigenvalue weighted by atomic mass is 35.5. The molecule has 0 atom stereocenters. The maximum Gasteiger partial charge on any atom is 0.321 e. The number of hydrogen-bond acceptors (Lipinski definition) is 3. The van der Waals surface area contributed by atoms with Gasteiger partial charge in [0.1, 0.15) is 5.82 Å². The summed E-state index contributed by atoms with van der Waals surface area (Å²) in [4.78, 5) is 21.1. The third-order valence-electron chi connectivity index (χ3n) is 4.66. The van der Waals surface area contributed by atoms with Crippen molar-refractivity contribution in [1.82, 2.24) is 19.4 Å². The first-order valence-electron chi connectivity index (χ1n) is 9.08. The second-order valence-electron chi connectivity index (χ2n) is 6.90. The second-order valence-corrected chi connectivity index (χ2v) is 7.34. The predicted molar refractivity (Wildman–Crippen MR) is 105 cm³/mol. The number of aromatic nitrogens is 2. The molecule has 0 aliphatic carbocycles. The second kappa shape index (κ2) is 8.56. The maximum absolute atomic E-state index is 12.4. The molecule has 0 spiro atoms. The number of amides is 2. The fourth-order valence-electron chi connectivity index (χ4n) is 3.20. The van der Waals surface area contributed by atoms with Crippen LogP contribution in [0.15, 0.2) is 36.7 Å². The smallest absolute Gasteiger partial charge is 0.321 e. The third kappa shape index (κ3) is 4.77. The monoisotopic (exact) mass is 375 g/mol. The number of urea groups is 1. The van der Waals surface area contributed by atoms with Gasteiger partial charge in [0.15, 0.2) is 0 Å². The lowest BCUT2D eigenvalue weighted by Gasteiger charge is -2.34. The number of nitrogens with zero attached hydrogens (tertiary/aromatic N) is 4. The van der Waals surface area contributed by atoms with E-state index in [1.807, 2.05) is 29.4 Å². The highest BCUT2D eigenvalue weighted by Crippen LogP contribution is 2.16. The van der Waals surface area contributed by atoms with Gasteiger partial charge in [-0.2, -0.15) is 0 Å². The first-order chi connectivity index (χ1) is 12.5. The molecule has 26 heavy (non-hydrogen) atoms. The normalized spacial score (nSPS) is 15.5. The fourth-order valence-corrected chi connectivity index (χ4v) is 3.39. The van der Waals surface area contributed by atoms with Crippen LogP contribution in [-0.4, -0.2) is 58.1 Å². The number of anilines is 1. The minimum absolute atomic E-state index is 0.0661. The zero-order valence-electron chi connectivity index (χ0n) is 15.4. The predicted octanol–water partition coefficient (Wildman–Crippen LogP) is 3.51. The molecule has 1 aromatic carbocycles. The van der Waals surface area contributed by atoms with E-state index in [9.17, 15) is 4.79 Å². The van der Waals surface area contributed by atoms with Crippen LogP contribution in [0.3, 0.4) is 0 Å². The van der Waals surface area contributed by atoms with Crippen LogP contribution in [-0.2, 0) is 6.54 Å². The number of benzene rings is 1. The summed E-state index contributed by atoms with van der Waals surface area (Å²) in [5.74, 6) is 1.56. The fraction of sp³-hybridized carbons (Fsp3) is 0.474. The summed E-state index contributed by atoms with van der Waals surface area (Å²) in [5, 5.41) is 3.53. The minimum atomic E-state index is -0.0661. The Morgan fingerprint density at radius 3 is 2.69 bits per heavy atom. The van der Waals surface area contributed by atoms with E-state index in [4.69, 9.17) is 11.6 Å². The van der Waals surface area contributed by atoms with Gasteiger partial charge in [-0.1, -0.05) is 31.5 Å². The average Bonchev–Trinajstić information content (AvgIpc) is 3.09. The first kappa shape index (κ1) is 18.7. The van der Waals surface area contributed by atoms with Crippen molar-refractivity contribution in [3.8, 4) is 0 Å². The van der Waals surface area contributed by atoms with Crippen LogP contribution in [0.5, 0.6) is 0 Å². The van der Waals surface area contributed by atoms with Crippen LogP contribution >= 0.6 is 11.6 Å². The number of carbonyl (C=O) groups is 1. The first-order valence-corrected chi connectivity index (χ1v) is 9.45. The molecule has 6 nitrogen and oxygen atoms in total. The van der Waals surface area contributed by atoms with Crippen molar-refractivity contribution < 1.29 is 4.79 Å². The van der Waals surface area contributed by atoms with Crippen LogP contribution in [0.1, 0.15) is 25.6 Å². The van der Waals surface area contributed by atoms with Gasteiger partial charge in [-0.15, -0.1) is 0 Å². The van der Waals surface area contributed by atoms with Crippen molar-refractivity contribution in [2.75, 3.05) is 38.0 Å². The van der Waals surface area contributed by atoms with Gasteiger partial charge in [-0.3, -0.25) is 4.90 Å². The van der Waals surface area contributed by atoms with Crippen LogP contribution in [0.25, 0.3) is 0 Å². The molecule has 0 saturated carbocycles. The van der Waals surface area contributed by atoms with E-state index in [1.165, 1.54) is 0 Å².